The number of carbonyl (C=O) groups excluding carboxylic acids is 1. The van der Waals surface area contributed by atoms with Crippen molar-refractivity contribution in [2.45, 2.75) is 54.9 Å². The topological polar surface area (TPSA) is 29.5 Å². The van der Waals surface area contributed by atoms with Crippen LogP contribution in [0.3, 0.4) is 0 Å². The number of rotatable bonds is 7. The van der Waals surface area contributed by atoms with Gasteiger partial charge in [-0.3, -0.25) is 4.79 Å². The molecule has 0 saturated carbocycles. The maximum Gasteiger partial charge on any atom is 0.311 e. The predicted molar refractivity (Wildman–Crippen MR) is 83.8 cm³/mol. The molecule has 0 N–H and O–H groups in total. The summed E-state index contributed by atoms with van der Waals surface area (Å²) in [5, 5.41) is 0. The van der Waals surface area contributed by atoms with Gasteiger partial charge in [-0.2, -0.15) is 0 Å². The summed E-state index contributed by atoms with van der Waals surface area (Å²) in [4.78, 5) is 14.3. The first kappa shape index (κ1) is 21.0. The molecule has 0 aliphatic heterocycles. The second-order valence-corrected chi connectivity index (χ2v) is 6.78. The van der Waals surface area contributed by atoms with Crippen molar-refractivity contribution in [1.82, 2.24) is 4.90 Å². The smallest absolute Gasteiger partial charge is 0.311 e. The molecule has 0 aromatic heterocycles. The second kappa shape index (κ2) is 8.80. The van der Waals surface area contributed by atoms with Crippen molar-refractivity contribution in [3.63, 3.8) is 0 Å². The van der Waals surface area contributed by atoms with E-state index in [9.17, 15) is 4.79 Å². The standard InChI is InChI=1S/C15H31NO2.ClH/c1-8-16(9-2)10-11-18-13(17)15(6,7)12-14(3,4)5;/h8-12H2,1-7H3;1H. The van der Waals surface area contributed by atoms with Crippen LogP contribution in [0, 0.1) is 10.8 Å². The van der Waals surface area contributed by atoms with Gasteiger partial charge in [-0.25, -0.2) is 0 Å². The SMILES string of the molecule is CCN(CC)CCOC(=O)C(C)(C)CC(C)(C)C.Cl. The van der Waals surface area contributed by atoms with Crippen LogP contribution in [0.15, 0.2) is 0 Å². The number of esters is 1. The van der Waals surface area contributed by atoms with Crippen molar-refractivity contribution >= 4 is 18.4 Å². The molecule has 4 heteroatoms. The van der Waals surface area contributed by atoms with Crippen LogP contribution in [0.4, 0.5) is 0 Å². The molecule has 0 spiro atoms. The van der Waals surface area contributed by atoms with Crippen LogP contribution in [0.1, 0.15) is 54.9 Å². The van der Waals surface area contributed by atoms with Crippen LogP contribution < -0.4 is 0 Å². The maximum absolute atomic E-state index is 12.1. The molecule has 3 nitrogen and oxygen atoms in total. The quantitative estimate of drug-likeness (QED) is 0.670. The van der Waals surface area contributed by atoms with E-state index in [1.165, 1.54) is 0 Å². The summed E-state index contributed by atoms with van der Waals surface area (Å²) >= 11 is 0. The fourth-order valence-corrected chi connectivity index (χ4v) is 2.40. The van der Waals surface area contributed by atoms with Gasteiger partial charge in [-0.15, -0.1) is 12.4 Å². The van der Waals surface area contributed by atoms with Gasteiger partial charge in [0.1, 0.15) is 6.61 Å². The van der Waals surface area contributed by atoms with Gasteiger partial charge in [-0.1, -0.05) is 34.6 Å². The third kappa shape index (κ3) is 9.28. The highest BCUT2D eigenvalue weighted by Crippen LogP contribution is 2.33. The van der Waals surface area contributed by atoms with Crippen LogP contribution in [0.25, 0.3) is 0 Å². The van der Waals surface area contributed by atoms with Crippen LogP contribution >= 0.6 is 12.4 Å². The van der Waals surface area contributed by atoms with E-state index in [-0.39, 0.29) is 23.8 Å². The van der Waals surface area contributed by atoms with Gasteiger partial charge >= 0.3 is 5.97 Å². The number of hydrogen-bond acceptors (Lipinski definition) is 3. The van der Waals surface area contributed by atoms with Crippen molar-refractivity contribution in [3.05, 3.63) is 0 Å². The Hall–Kier alpha value is -0.280. The Morgan fingerprint density at radius 1 is 1.05 bits per heavy atom. The summed E-state index contributed by atoms with van der Waals surface area (Å²) in [5.74, 6) is -0.0791. The molecule has 0 radical (unpaired) electrons. The molecule has 0 saturated heterocycles. The molecule has 0 heterocycles. The molecule has 0 fully saturated rings. The van der Waals surface area contributed by atoms with Gasteiger partial charge < -0.3 is 9.64 Å². The number of likely N-dealkylation sites (N-methyl/N-ethyl adjacent to an activating group) is 1. The van der Waals surface area contributed by atoms with Gasteiger partial charge in [-0.05, 0) is 38.8 Å². The fraction of sp³-hybridized carbons (Fsp3) is 0.933. The highest BCUT2D eigenvalue weighted by molar-refractivity contribution is 5.85. The molecule has 116 valence electrons. The Morgan fingerprint density at radius 2 is 1.53 bits per heavy atom. The van der Waals surface area contributed by atoms with E-state index in [4.69, 9.17) is 4.74 Å². The zero-order valence-corrected chi connectivity index (χ0v) is 14.5. The third-order valence-corrected chi connectivity index (χ3v) is 3.06. The van der Waals surface area contributed by atoms with Gasteiger partial charge in [0, 0.05) is 6.54 Å². The summed E-state index contributed by atoms with van der Waals surface area (Å²) in [6, 6.07) is 0. The highest BCUT2D eigenvalue weighted by atomic mass is 35.5. The third-order valence-electron chi connectivity index (χ3n) is 3.06. The minimum absolute atomic E-state index is 0. The van der Waals surface area contributed by atoms with Crippen molar-refractivity contribution in [3.8, 4) is 0 Å². The van der Waals surface area contributed by atoms with E-state index < -0.39 is 5.41 Å². The zero-order chi connectivity index (χ0) is 14.4. The molecule has 19 heavy (non-hydrogen) atoms. The summed E-state index contributed by atoms with van der Waals surface area (Å²) in [7, 11) is 0. The Morgan fingerprint density at radius 3 is 1.89 bits per heavy atom. The molecular weight excluding hydrogens is 262 g/mol. The lowest BCUT2D eigenvalue weighted by molar-refractivity contribution is -0.156. The fourth-order valence-electron chi connectivity index (χ4n) is 2.40. The molecule has 0 aromatic rings. The van der Waals surface area contributed by atoms with E-state index in [0.29, 0.717) is 6.61 Å². The first-order valence-corrected chi connectivity index (χ1v) is 7.02. The lowest BCUT2D eigenvalue weighted by Crippen LogP contribution is -2.34. The average Bonchev–Trinajstić information content (AvgIpc) is 2.20. The maximum atomic E-state index is 12.1. The summed E-state index contributed by atoms with van der Waals surface area (Å²) in [5.41, 5.74) is -0.261. The van der Waals surface area contributed by atoms with E-state index in [2.05, 4.69) is 39.5 Å². The number of carbonyl (C=O) groups is 1. The van der Waals surface area contributed by atoms with Crippen LogP contribution in [-0.4, -0.2) is 37.1 Å². The number of nitrogens with zero attached hydrogens (tertiary/aromatic N) is 1. The number of hydrogen-bond donors (Lipinski definition) is 0. The highest BCUT2D eigenvalue weighted by Gasteiger charge is 2.33. The lowest BCUT2D eigenvalue weighted by Gasteiger charge is -2.30. The van der Waals surface area contributed by atoms with E-state index in [1.54, 1.807) is 0 Å². The average molecular weight is 294 g/mol. The van der Waals surface area contributed by atoms with Crippen LogP contribution in [0.5, 0.6) is 0 Å². The van der Waals surface area contributed by atoms with Gasteiger partial charge in [0.05, 0.1) is 5.41 Å². The largest absolute Gasteiger partial charge is 0.464 e. The van der Waals surface area contributed by atoms with Crippen LogP contribution in [-0.2, 0) is 9.53 Å². The van der Waals surface area contributed by atoms with Crippen molar-refractivity contribution < 1.29 is 9.53 Å². The lowest BCUT2D eigenvalue weighted by atomic mass is 9.76. The van der Waals surface area contributed by atoms with Crippen LogP contribution in [0.2, 0.25) is 0 Å². The Kier molecular flexibility index (Phi) is 9.74. The Balaban J connectivity index is 0. The van der Waals surface area contributed by atoms with Crippen molar-refractivity contribution in [1.29, 1.82) is 0 Å². The van der Waals surface area contributed by atoms with E-state index >= 15 is 0 Å². The molecule has 0 rings (SSSR count). The number of ether oxygens (including phenoxy) is 1. The molecule has 0 unspecified atom stereocenters. The normalized spacial score (nSPS) is 12.2. The second-order valence-electron chi connectivity index (χ2n) is 6.78. The molecule has 0 bridgehead atoms. The van der Waals surface area contributed by atoms with E-state index in [0.717, 1.165) is 26.1 Å². The van der Waals surface area contributed by atoms with Crippen molar-refractivity contribution in [2.24, 2.45) is 10.8 Å². The van der Waals surface area contributed by atoms with Gasteiger partial charge in [0.2, 0.25) is 0 Å². The molecule has 0 aromatic carbocycles. The first-order chi connectivity index (χ1) is 8.12. The predicted octanol–water partition coefficient (Wildman–Crippen LogP) is 3.76. The summed E-state index contributed by atoms with van der Waals surface area (Å²) < 4.78 is 5.41. The monoisotopic (exact) mass is 293 g/mol. The zero-order valence-electron chi connectivity index (χ0n) is 13.7. The summed E-state index contributed by atoms with van der Waals surface area (Å²) in [6.45, 7) is 17.9. The first-order valence-electron chi connectivity index (χ1n) is 7.02. The number of halogens is 1. The summed E-state index contributed by atoms with van der Waals surface area (Å²) in [6.07, 6.45) is 0.837. The molecule has 0 aliphatic rings. The Bertz CT molecular complexity index is 255. The minimum Gasteiger partial charge on any atom is -0.464 e. The molecule has 0 aliphatic carbocycles. The van der Waals surface area contributed by atoms with Crippen molar-refractivity contribution in [2.75, 3.05) is 26.2 Å². The molecule has 0 atom stereocenters. The Labute approximate surface area is 125 Å². The van der Waals surface area contributed by atoms with Gasteiger partial charge in [0.25, 0.3) is 0 Å². The molecule has 0 amide bonds. The minimum atomic E-state index is -0.401. The van der Waals surface area contributed by atoms with Gasteiger partial charge in [0.15, 0.2) is 0 Å². The molecular formula is C15H32ClNO2. The van der Waals surface area contributed by atoms with E-state index in [1.807, 2.05) is 13.8 Å².